The molecule has 0 atom stereocenters. The molecule has 0 spiro atoms. The highest BCUT2D eigenvalue weighted by Crippen LogP contribution is 2.48. The van der Waals surface area contributed by atoms with Gasteiger partial charge in [0, 0.05) is 41.9 Å². The Bertz CT molecular complexity index is 3900. The van der Waals surface area contributed by atoms with Crippen LogP contribution in [-0.4, -0.2) is 14.5 Å². The Kier molecular flexibility index (Phi) is 2.47. The van der Waals surface area contributed by atoms with Crippen molar-refractivity contribution in [2.45, 2.75) is 6.92 Å². The minimum Gasteiger partial charge on any atom is -0.276 e. The van der Waals surface area contributed by atoms with Crippen molar-refractivity contribution in [2.75, 3.05) is 0 Å². The number of hydrogen-bond donors (Lipinski definition) is 0. The van der Waals surface area contributed by atoms with Crippen LogP contribution in [0, 0.1) is 6.92 Å². The molecule has 0 N–H and O–H groups in total. The average molecular weight is 618 g/mol. The molecular formula is C39H23N3S2. The van der Waals surface area contributed by atoms with Gasteiger partial charge in [-0.3, -0.25) is 4.57 Å². The summed E-state index contributed by atoms with van der Waals surface area (Å²) in [5.41, 5.74) is -1.29. The van der Waals surface area contributed by atoms with Crippen LogP contribution in [0.5, 0.6) is 0 Å². The number of fused-ring (bicyclic) bond motifs is 13. The first-order valence-corrected chi connectivity index (χ1v) is 14.8. The molecule has 0 amide bonds. The highest BCUT2D eigenvalue weighted by molar-refractivity contribution is 7.27. The lowest BCUT2D eigenvalue weighted by atomic mass is 9.98. The monoisotopic (exact) mass is 617 g/mol. The summed E-state index contributed by atoms with van der Waals surface area (Å²) in [6, 6.07) is -11.9. The van der Waals surface area contributed by atoms with E-state index in [4.69, 9.17) is 30.5 Å². The summed E-state index contributed by atoms with van der Waals surface area (Å²) in [7, 11) is 0. The second-order valence-electron chi connectivity index (χ2n) is 9.90. The Morgan fingerprint density at radius 1 is 0.591 bits per heavy atom. The van der Waals surface area contributed by atoms with E-state index in [9.17, 15) is 6.85 Å². The zero-order valence-electron chi connectivity index (χ0n) is 42.2. The molecule has 0 bridgehead atoms. The maximum atomic E-state index is 9.38. The van der Waals surface area contributed by atoms with Crippen LogP contribution in [0.1, 0.15) is 33.0 Å². The van der Waals surface area contributed by atoms with Gasteiger partial charge in [-0.2, -0.15) is 0 Å². The second kappa shape index (κ2) is 8.96. The van der Waals surface area contributed by atoms with Crippen LogP contribution in [0.2, 0.25) is 0 Å². The maximum Gasteiger partial charge on any atom is 0.235 e. The molecule has 6 aromatic carbocycles. The van der Waals surface area contributed by atoms with Crippen molar-refractivity contribution in [3.05, 3.63) is 126 Å². The molecule has 0 saturated carbocycles. The van der Waals surface area contributed by atoms with Crippen LogP contribution in [-0.2, 0) is 0 Å². The van der Waals surface area contributed by atoms with E-state index < -0.39 is 114 Å². The van der Waals surface area contributed by atoms with Gasteiger partial charge < -0.3 is 0 Å². The number of nitrogens with zero attached hydrogens (tertiary/aromatic N) is 3. The summed E-state index contributed by atoms with van der Waals surface area (Å²) in [6.07, 6.45) is 0. The molecule has 3 nitrogen and oxygen atoms in total. The molecule has 5 heteroatoms. The number of benzene rings is 6. The molecule has 4 heterocycles. The minimum atomic E-state index is -0.741. The molecule has 0 unspecified atom stereocenters. The Balaban J connectivity index is 1.59. The van der Waals surface area contributed by atoms with Crippen molar-refractivity contribution in [2.24, 2.45) is 0 Å². The topological polar surface area (TPSA) is 30.7 Å². The molecular weight excluding hydrogens is 575 g/mol. The molecule has 206 valence electrons. The predicted octanol–water partition coefficient (Wildman–Crippen LogP) is 11.4. The fourth-order valence-corrected chi connectivity index (χ4v) is 7.95. The third-order valence-electron chi connectivity index (χ3n) is 7.47. The molecule has 0 saturated heterocycles. The molecule has 10 aromatic rings. The third kappa shape index (κ3) is 3.25. The average Bonchev–Trinajstić information content (AvgIpc) is 3.98. The van der Waals surface area contributed by atoms with E-state index >= 15 is 0 Å². The van der Waals surface area contributed by atoms with Gasteiger partial charge in [0.1, 0.15) is 0 Å². The molecule has 0 aliphatic rings. The van der Waals surface area contributed by atoms with E-state index in [1.54, 1.807) is 0 Å². The lowest BCUT2D eigenvalue weighted by Crippen LogP contribution is -2.02. The van der Waals surface area contributed by atoms with Gasteiger partial charge in [0.15, 0.2) is 0 Å². The SMILES string of the molecule is [2H]c1c([2H])c([2H])c(-c2nc(-n3c4c([2H])c([2H])c([2H])c([2H])c4c4c5c([2H])c([2H])c([2H])c([2H])c5c5c(sc6c([2H])c([2H])c(C)c([2H])c65)c43)nc3c2sc2c([2H])c([2H])c([2H])c([2H])c23)c([2H])c1[2H]. The van der Waals surface area contributed by atoms with E-state index in [0.29, 0.717) is 0 Å². The van der Waals surface area contributed by atoms with E-state index in [1.165, 1.54) is 11.5 Å². The normalized spacial score (nSPS) is 18.6. The lowest BCUT2D eigenvalue weighted by Gasteiger charge is -2.11. The maximum absolute atomic E-state index is 9.38. The molecule has 4 aromatic heterocycles. The first-order valence-electron chi connectivity index (χ1n) is 23.1. The summed E-state index contributed by atoms with van der Waals surface area (Å²) in [5.74, 6) is -0.500. The van der Waals surface area contributed by atoms with Crippen LogP contribution in [0.3, 0.4) is 0 Å². The largest absolute Gasteiger partial charge is 0.276 e. The van der Waals surface area contributed by atoms with E-state index in [2.05, 4.69) is 0 Å². The van der Waals surface area contributed by atoms with Gasteiger partial charge in [-0.15, -0.1) is 22.7 Å². The third-order valence-corrected chi connectivity index (χ3v) is 9.69. The summed E-state index contributed by atoms with van der Waals surface area (Å²) >= 11 is 1.64. The Morgan fingerprint density at radius 3 is 2.09 bits per heavy atom. The molecule has 0 fully saturated rings. The van der Waals surface area contributed by atoms with E-state index in [0.717, 1.165) is 22.7 Å². The van der Waals surface area contributed by atoms with Crippen LogP contribution >= 0.6 is 22.7 Å². The second-order valence-corrected chi connectivity index (χ2v) is 11.9. The smallest absolute Gasteiger partial charge is 0.235 e. The van der Waals surface area contributed by atoms with Crippen LogP contribution < -0.4 is 0 Å². The van der Waals surface area contributed by atoms with Crippen LogP contribution in [0.4, 0.5) is 0 Å². The van der Waals surface area contributed by atoms with Gasteiger partial charge in [-0.05, 0) is 41.9 Å². The zero-order valence-corrected chi connectivity index (χ0v) is 23.8. The summed E-state index contributed by atoms with van der Waals surface area (Å²) in [5, 5.41) is -0.770. The van der Waals surface area contributed by atoms with Gasteiger partial charge in [0.05, 0.1) is 59.1 Å². The van der Waals surface area contributed by atoms with E-state index in [-0.39, 0.29) is 102 Å². The minimum absolute atomic E-state index is 0.0188. The van der Waals surface area contributed by atoms with Crippen molar-refractivity contribution < 1.29 is 27.4 Å². The van der Waals surface area contributed by atoms with Gasteiger partial charge in [0.25, 0.3) is 0 Å². The number of thiophene rings is 2. The predicted molar refractivity (Wildman–Crippen MR) is 190 cm³/mol. The van der Waals surface area contributed by atoms with Gasteiger partial charge >= 0.3 is 0 Å². The first kappa shape index (κ1) is 12.1. The number of rotatable bonds is 2. The molecule has 0 aliphatic heterocycles. The summed E-state index contributed by atoms with van der Waals surface area (Å²) in [6.45, 7) is 1.46. The first-order chi connectivity index (χ1) is 30.1. The molecule has 10 rings (SSSR count). The van der Waals surface area contributed by atoms with Crippen molar-refractivity contribution >= 4 is 95.7 Å². The Labute approximate surface area is 288 Å². The number of para-hydroxylation sites is 1. The van der Waals surface area contributed by atoms with Gasteiger partial charge in [0.2, 0.25) is 5.95 Å². The van der Waals surface area contributed by atoms with Gasteiger partial charge in [-0.1, -0.05) is 102 Å². The van der Waals surface area contributed by atoms with Gasteiger partial charge in [-0.25, -0.2) is 9.97 Å². The highest BCUT2D eigenvalue weighted by atomic mass is 32.1. The van der Waals surface area contributed by atoms with Crippen LogP contribution in [0.25, 0.3) is 90.3 Å². The standard InChI is InChI=1S/C39H23N3S2/c1-22-19-20-31-28(21-22)33-25-14-6-5-13-24(25)32-26-15-7-9-17-29(26)42(36(32)37(33)43-31)39-40-34(23-11-3-2-4-12-23)38-35(41-39)27-16-8-10-18-30(27)44-38/h2-21H,1H3/i2D,3D,4D,5D,6D,7D,8D,9D,10D,11D,12D,13D,14D,15D,16D,17D,18D,19D,20D,21D. The lowest BCUT2D eigenvalue weighted by molar-refractivity contribution is 1.02. The molecule has 0 radical (unpaired) electrons. The Morgan fingerprint density at radius 2 is 1.25 bits per heavy atom. The highest BCUT2D eigenvalue weighted by Gasteiger charge is 2.24. The quantitative estimate of drug-likeness (QED) is 0.193. The summed E-state index contributed by atoms with van der Waals surface area (Å²) < 4.78 is 179. The van der Waals surface area contributed by atoms with Crippen molar-refractivity contribution in [3.8, 4) is 17.2 Å². The zero-order chi connectivity index (χ0) is 46.3. The van der Waals surface area contributed by atoms with E-state index in [1.807, 2.05) is 0 Å². The van der Waals surface area contributed by atoms with Crippen molar-refractivity contribution in [1.82, 2.24) is 14.5 Å². The van der Waals surface area contributed by atoms with Crippen molar-refractivity contribution in [3.63, 3.8) is 0 Å². The van der Waals surface area contributed by atoms with Crippen molar-refractivity contribution in [1.29, 1.82) is 0 Å². The molecule has 0 aliphatic carbocycles. The fourth-order valence-electron chi connectivity index (χ4n) is 5.74. The number of hydrogen-bond acceptors (Lipinski definition) is 4. The Hall–Kier alpha value is -5.10. The summed E-state index contributed by atoms with van der Waals surface area (Å²) in [4.78, 5) is 9.66. The fraction of sp³-hybridized carbons (Fsp3) is 0.0256. The molecule has 44 heavy (non-hydrogen) atoms. The van der Waals surface area contributed by atoms with Crippen LogP contribution in [0.15, 0.2) is 121 Å². The number of aromatic nitrogens is 3.